The Morgan fingerprint density at radius 3 is 2.41 bits per heavy atom. The number of amides is 1. The van der Waals surface area contributed by atoms with E-state index in [0.717, 1.165) is 50.8 Å². The van der Waals surface area contributed by atoms with Gasteiger partial charge < -0.3 is 29.6 Å². The first-order valence-electron chi connectivity index (χ1n) is 18.2. The van der Waals surface area contributed by atoms with Gasteiger partial charge in [-0.1, -0.05) is 55.4 Å². The predicted molar refractivity (Wildman–Crippen MR) is 171 cm³/mol. The van der Waals surface area contributed by atoms with Crippen LogP contribution in [-0.4, -0.2) is 63.5 Å². The summed E-state index contributed by atoms with van der Waals surface area (Å²) >= 11 is 0. The Bertz CT molecular complexity index is 1140. The molecule has 250 valence electrons. The molecule has 7 rings (SSSR count). The number of nitrogens with one attached hydrogen (secondary N) is 2. The highest BCUT2D eigenvalue weighted by atomic mass is 16.7. The van der Waals surface area contributed by atoms with E-state index in [1.54, 1.807) is 7.05 Å². The second-order valence-corrected chi connectivity index (χ2v) is 18.1. The van der Waals surface area contributed by atoms with Crippen LogP contribution in [0.2, 0.25) is 0 Å². The van der Waals surface area contributed by atoms with E-state index in [2.05, 4.69) is 66.0 Å². The van der Waals surface area contributed by atoms with E-state index >= 15 is 0 Å². The summed E-state index contributed by atoms with van der Waals surface area (Å²) in [7, 11) is 1.64. The second-order valence-electron chi connectivity index (χ2n) is 18.1. The van der Waals surface area contributed by atoms with Crippen LogP contribution in [0.3, 0.4) is 0 Å². The number of hydrogen-bond acceptors (Lipinski definition) is 6. The largest absolute Gasteiger partial charge is 0.443 e. The molecule has 0 aromatic rings. The fraction of sp³-hybridized carbons (Fsp3) is 0.973. The Morgan fingerprint density at radius 1 is 1.00 bits per heavy atom. The Hall–Kier alpha value is -0.890. The van der Waals surface area contributed by atoms with Crippen molar-refractivity contribution < 1.29 is 23.7 Å². The van der Waals surface area contributed by atoms with Crippen molar-refractivity contribution in [1.82, 2.24) is 10.6 Å². The number of fused-ring (bicyclic) bond motifs is 4. The maximum Gasteiger partial charge on any atom is 0.407 e. The molecule has 13 unspecified atom stereocenters. The minimum atomic E-state index is -0.351. The minimum Gasteiger partial charge on any atom is -0.443 e. The van der Waals surface area contributed by atoms with Gasteiger partial charge in [0.25, 0.3) is 0 Å². The molecule has 0 bridgehead atoms. The molecule has 5 saturated carbocycles. The van der Waals surface area contributed by atoms with Gasteiger partial charge in [0.1, 0.15) is 6.10 Å². The van der Waals surface area contributed by atoms with Gasteiger partial charge in [0.2, 0.25) is 0 Å². The molecule has 1 amide bonds. The van der Waals surface area contributed by atoms with Crippen molar-refractivity contribution in [1.29, 1.82) is 0 Å². The highest BCUT2D eigenvalue weighted by molar-refractivity contribution is 5.66. The van der Waals surface area contributed by atoms with Crippen LogP contribution in [0.5, 0.6) is 0 Å². The quantitative estimate of drug-likeness (QED) is 0.350. The highest BCUT2D eigenvalue weighted by Gasteiger charge is 2.84. The van der Waals surface area contributed by atoms with Crippen LogP contribution >= 0.6 is 0 Å². The van der Waals surface area contributed by atoms with Gasteiger partial charge in [-0.25, -0.2) is 4.79 Å². The van der Waals surface area contributed by atoms with E-state index in [9.17, 15) is 4.79 Å². The van der Waals surface area contributed by atoms with Gasteiger partial charge in [0, 0.05) is 25.6 Å². The average Bonchev–Trinajstić information content (AvgIpc) is 3.61. The van der Waals surface area contributed by atoms with E-state index < -0.39 is 0 Å². The number of alkyl carbamates (subject to hydrolysis) is 1. The zero-order chi connectivity index (χ0) is 31.5. The average molecular weight is 615 g/mol. The molecule has 2 spiro atoms. The number of carbonyl (C=O) groups is 1. The molecule has 7 heteroatoms. The first-order valence-corrected chi connectivity index (χ1v) is 18.2. The molecule has 2 N–H and O–H groups in total. The number of ether oxygens (including phenoxy) is 4. The summed E-state index contributed by atoms with van der Waals surface area (Å²) in [5, 5.41) is 6.12. The minimum absolute atomic E-state index is 0.0517. The maximum absolute atomic E-state index is 12.3. The Morgan fingerprint density at radius 2 is 1.73 bits per heavy atom. The lowest BCUT2D eigenvalue weighted by atomic mass is 9.39. The van der Waals surface area contributed by atoms with Crippen LogP contribution < -0.4 is 10.6 Å². The Kier molecular flexibility index (Phi) is 7.42. The molecule has 5 aliphatic carbocycles. The first kappa shape index (κ1) is 31.7. The van der Waals surface area contributed by atoms with E-state index in [1.165, 1.54) is 38.5 Å². The monoisotopic (exact) mass is 614 g/mol. The van der Waals surface area contributed by atoms with Crippen molar-refractivity contribution in [3.8, 4) is 0 Å². The molecule has 44 heavy (non-hydrogen) atoms. The summed E-state index contributed by atoms with van der Waals surface area (Å²) in [4.78, 5) is 12.3. The topological polar surface area (TPSA) is 78.1 Å². The van der Waals surface area contributed by atoms with Crippen molar-refractivity contribution in [3.63, 3.8) is 0 Å². The zero-order valence-electron chi connectivity index (χ0n) is 29.2. The number of hydrogen-bond donors (Lipinski definition) is 2. The lowest BCUT2D eigenvalue weighted by Crippen LogP contribution is -2.61. The van der Waals surface area contributed by atoms with Crippen LogP contribution in [0.4, 0.5) is 4.79 Å². The Labute approximate surface area is 267 Å². The van der Waals surface area contributed by atoms with Crippen molar-refractivity contribution in [2.24, 2.45) is 56.2 Å². The second kappa shape index (κ2) is 10.3. The molecule has 7 fully saturated rings. The Balaban J connectivity index is 1.15. The van der Waals surface area contributed by atoms with E-state index in [0.29, 0.717) is 16.7 Å². The van der Waals surface area contributed by atoms with Gasteiger partial charge in [0.05, 0.1) is 24.9 Å². The molecule has 13 atom stereocenters. The van der Waals surface area contributed by atoms with Crippen molar-refractivity contribution in [2.75, 3.05) is 26.7 Å². The van der Waals surface area contributed by atoms with Crippen LogP contribution in [-0.2, 0) is 18.9 Å². The highest BCUT2D eigenvalue weighted by Crippen LogP contribution is 2.90. The van der Waals surface area contributed by atoms with Gasteiger partial charge in [0.15, 0.2) is 6.29 Å². The summed E-state index contributed by atoms with van der Waals surface area (Å²) in [6.07, 6.45) is 11.1. The first-order chi connectivity index (χ1) is 20.7. The van der Waals surface area contributed by atoms with Crippen molar-refractivity contribution >= 4 is 6.09 Å². The maximum atomic E-state index is 12.3. The SMILES string of the molecule is CNC(=O)OC(C(C)C)C1CC(C)C2(C)C(CC3(C)C4CCC5C(C)(C)C(OC6CNCCO6)CCC56CC46CCC32C)O1. The van der Waals surface area contributed by atoms with Crippen LogP contribution in [0.25, 0.3) is 0 Å². The van der Waals surface area contributed by atoms with Gasteiger partial charge in [-0.05, 0) is 109 Å². The molecule has 0 radical (unpaired) electrons. The smallest absolute Gasteiger partial charge is 0.407 e. The molecule has 2 heterocycles. The number of morpholine rings is 1. The van der Waals surface area contributed by atoms with Crippen LogP contribution in [0.15, 0.2) is 0 Å². The summed E-state index contributed by atoms with van der Waals surface area (Å²) < 4.78 is 25.9. The third-order valence-corrected chi connectivity index (χ3v) is 16.4. The summed E-state index contributed by atoms with van der Waals surface area (Å²) in [5.41, 5.74) is 1.71. The normalized spacial score (nSPS) is 52.9. The lowest BCUT2D eigenvalue weighted by Gasteiger charge is -2.65. The molecule has 7 aliphatic rings. The predicted octanol–water partition coefficient (Wildman–Crippen LogP) is 6.93. The fourth-order valence-electron chi connectivity index (χ4n) is 13.7. The van der Waals surface area contributed by atoms with E-state index in [-0.39, 0.29) is 64.4 Å². The third-order valence-electron chi connectivity index (χ3n) is 16.4. The van der Waals surface area contributed by atoms with Crippen LogP contribution in [0, 0.1) is 56.2 Å². The fourth-order valence-corrected chi connectivity index (χ4v) is 13.7. The lowest BCUT2D eigenvalue weighted by molar-refractivity contribution is -0.238. The van der Waals surface area contributed by atoms with Gasteiger partial charge in [-0.15, -0.1) is 0 Å². The number of carbonyl (C=O) groups excluding carboxylic acids is 1. The standard InChI is InChI=1S/C37H62N2O5/c1-22(2)30(44-31(40)38-9)24-18-23(3)35(8)28(42-24)19-33(6)26-11-10-25-32(4,5)27(43-29-20-39-16-17-41-29)12-13-36(25)21-37(26,36)15-14-34(33,35)7/h22-30,39H,10-21H2,1-9H3,(H,38,40). The van der Waals surface area contributed by atoms with Gasteiger partial charge in [-0.3, -0.25) is 0 Å². The third kappa shape index (κ3) is 3.97. The zero-order valence-corrected chi connectivity index (χ0v) is 29.2. The summed E-state index contributed by atoms with van der Waals surface area (Å²) in [6.45, 7) is 22.2. The molecular formula is C37H62N2O5. The van der Waals surface area contributed by atoms with E-state index in [1.807, 2.05) is 0 Å². The van der Waals surface area contributed by atoms with Crippen molar-refractivity contribution in [2.45, 2.75) is 144 Å². The van der Waals surface area contributed by atoms with E-state index in [4.69, 9.17) is 18.9 Å². The number of rotatable bonds is 5. The summed E-state index contributed by atoms with van der Waals surface area (Å²) in [6, 6.07) is 0. The molecule has 0 aromatic carbocycles. The molecular weight excluding hydrogens is 552 g/mol. The van der Waals surface area contributed by atoms with Gasteiger partial charge in [-0.2, -0.15) is 0 Å². The van der Waals surface area contributed by atoms with Gasteiger partial charge >= 0.3 is 6.09 Å². The molecule has 7 nitrogen and oxygen atoms in total. The molecule has 0 aromatic heterocycles. The molecule has 2 saturated heterocycles. The van der Waals surface area contributed by atoms with Crippen molar-refractivity contribution in [3.05, 3.63) is 0 Å². The van der Waals surface area contributed by atoms with Crippen LogP contribution in [0.1, 0.15) is 113 Å². The molecule has 2 aliphatic heterocycles. The summed E-state index contributed by atoms with van der Waals surface area (Å²) in [5.74, 6) is 2.19.